The Morgan fingerprint density at radius 2 is 1.88 bits per heavy atom. The number of carbonyl (C=O) groups excluding carboxylic acids is 1. The molecule has 25 heavy (non-hydrogen) atoms. The molecule has 0 bridgehead atoms. The molecule has 0 spiro atoms. The third kappa shape index (κ3) is 5.77. The molecular weight excluding hydrogens is 335 g/mol. The van der Waals surface area contributed by atoms with Crippen LogP contribution in [0.1, 0.15) is 16.7 Å². The van der Waals surface area contributed by atoms with Crippen LogP contribution in [0.5, 0.6) is 5.75 Å². The first-order chi connectivity index (χ1) is 11.9. The summed E-state index contributed by atoms with van der Waals surface area (Å²) in [7, 11) is 0. The fourth-order valence-corrected chi connectivity index (χ4v) is 1.88. The molecule has 0 unspecified atom stereocenters. The summed E-state index contributed by atoms with van der Waals surface area (Å²) in [4.78, 5) is 11.5. The highest BCUT2D eigenvalue weighted by molar-refractivity contribution is 5.67. The van der Waals surface area contributed by atoms with Gasteiger partial charge < -0.3 is 15.2 Å². The topological polar surface area (TPSA) is 58.6 Å². The highest BCUT2D eigenvalue weighted by Gasteiger charge is 2.33. The number of benzene rings is 2. The minimum absolute atomic E-state index is 0.0737. The first-order valence-corrected chi connectivity index (χ1v) is 7.20. The van der Waals surface area contributed by atoms with Gasteiger partial charge in [0.05, 0.1) is 12.1 Å². The van der Waals surface area contributed by atoms with E-state index in [1.807, 2.05) is 18.2 Å². The lowest BCUT2D eigenvalue weighted by atomic mass is 10.1. The third-order valence-corrected chi connectivity index (χ3v) is 3.07. The molecule has 0 heterocycles. The quantitative estimate of drug-likeness (QED) is 0.831. The number of nitrogens with one attached hydrogen (secondary N) is 1. The number of phenolic OH excluding ortho intramolecular Hbond substituents is 1. The van der Waals surface area contributed by atoms with Gasteiger partial charge in [0.1, 0.15) is 12.4 Å². The Labute approximate surface area is 142 Å². The predicted molar refractivity (Wildman–Crippen MR) is 84.6 cm³/mol. The molecule has 0 fully saturated rings. The number of aromatic hydroxyl groups is 1. The maximum atomic E-state index is 12.7. The summed E-state index contributed by atoms with van der Waals surface area (Å²) in [6, 6.07) is 12.0. The van der Waals surface area contributed by atoms with Crippen molar-refractivity contribution in [1.82, 2.24) is 5.32 Å². The fraction of sp³-hybridized carbons (Fsp3) is 0.167. The predicted octanol–water partition coefficient (Wildman–Crippen LogP) is 3.69. The van der Waals surface area contributed by atoms with Gasteiger partial charge in [-0.3, -0.25) is 0 Å². The normalized spacial score (nSPS) is 10.5. The van der Waals surface area contributed by atoms with Crippen LogP contribution in [-0.4, -0.2) is 17.7 Å². The van der Waals surface area contributed by atoms with E-state index in [4.69, 9.17) is 4.74 Å². The highest BCUT2D eigenvalue weighted by atomic mass is 19.4. The Balaban J connectivity index is 1.85. The minimum atomic E-state index is -4.67. The van der Waals surface area contributed by atoms with Crippen LogP contribution in [0.15, 0.2) is 48.5 Å². The molecule has 130 valence electrons. The monoisotopic (exact) mass is 349 g/mol. The number of halogens is 3. The van der Waals surface area contributed by atoms with Gasteiger partial charge in [0, 0.05) is 5.56 Å². The van der Waals surface area contributed by atoms with E-state index < -0.39 is 23.6 Å². The summed E-state index contributed by atoms with van der Waals surface area (Å²) < 4.78 is 43.0. The average molecular weight is 349 g/mol. The zero-order valence-corrected chi connectivity index (χ0v) is 12.9. The molecule has 2 N–H and O–H groups in total. The van der Waals surface area contributed by atoms with Gasteiger partial charge in [-0.15, -0.1) is 0 Å². The van der Waals surface area contributed by atoms with E-state index >= 15 is 0 Å². The summed E-state index contributed by atoms with van der Waals surface area (Å²) >= 11 is 0. The van der Waals surface area contributed by atoms with E-state index in [2.05, 4.69) is 17.2 Å². The lowest BCUT2D eigenvalue weighted by molar-refractivity contribution is -0.138. The van der Waals surface area contributed by atoms with Crippen LogP contribution in [0.3, 0.4) is 0 Å². The lowest BCUT2D eigenvalue weighted by Crippen LogP contribution is -2.24. The average Bonchev–Trinajstić information content (AvgIpc) is 2.58. The Morgan fingerprint density at radius 3 is 2.56 bits per heavy atom. The fourth-order valence-electron chi connectivity index (χ4n) is 1.88. The third-order valence-electron chi connectivity index (χ3n) is 3.07. The summed E-state index contributed by atoms with van der Waals surface area (Å²) in [5.41, 5.74) is -0.258. The van der Waals surface area contributed by atoms with Crippen LogP contribution in [-0.2, 0) is 17.5 Å². The first-order valence-electron chi connectivity index (χ1n) is 7.20. The van der Waals surface area contributed by atoms with Crippen LogP contribution in [0.25, 0.3) is 0 Å². The molecule has 0 atom stereocenters. The van der Waals surface area contributed by atoms with Crippen LogP contribution < -0.4 is 5.32 Å². The van der Waals surface area contributed by atoms with Gasteiger partial charge in [-0.1, -0.05) is 42.2 Å². The molecule has 0 saturated carbocycles. The van der Waals surface area contributed by atoms with Crippen molar-refractivity contribution >= 4 is 6.09 Å². The van der Waals surface area contributed by atoms with Gasteiger partial charge in [-0.05, 0) is 23.8 Å². The Kier molecular flexibility index (Phi) is 5.90. The van der Waals surface area contributed by atoms with Crippen LogP contribution in [0, 0.1) is 11.8 Å². The molecule has 4 nitrogen and oxygen atoms in total. The summed E-state index contributed by atoms with van der Waals surface area (Å²) in [5, 5.41) is 11.6. The molecule has 0 radical (unpaired) electrons. The van der Waals surface area contributed by atoms with Gasteiger partial charge >= 0.3 is 12.3 Å². The molecule has 2 aromatic rings. The smallest absolute Gasteiger partial charge is 0.419 e. The molecule has 0 aliphatic heterocycles. The summed E-state index contributed by atoms with van der Waals surface area (Å²) in [6.07, 6.45) is -5.35. The largest absolute Gasteiger partial charge is 0.507 e. The van der Waals surface area contributed by atoms with Crippen molar-refractivity contribution in [1.29, 1.82) is 0 Å². The van der Waals surface area contributed by atoms with Crippen LogP contribution in [0.2, 0.25) is 0 Å². The molecule has 0 aliphatic carbocycles. The first kappa shape index (κ1) is 18.2. The van der Waals surface area contributed by atoms with Crippen molar-refractivity contribution in [2.75, 3.05) is 6.54 Å². The van der Waals surface area contributed by atoms with Crippen molar-refractivity contribution in [3.05, 3.63) is 65.2 Å². The maximum absolute atomic E-state index is 12.7. The van der Waals surface area contributed by atoms with Crippen molar-refractivity contribution < 1.29 is 27.8 Å². The Morgan fingerprint density at radius 1 is 1.16 bits per heavy atom. The van der Waals surface area contributed by atoms with E-state index in [-0.39, 0.29) is 18.7 Å². The zero-order chi connectivity index (χ0) is 18.3. The van der Waals surface area contributed by atoms with E-state index in [1.54, 1.807) is 12.1 Å². The second kappa shape index (κ2) is 8.11. The second-order valence-electron chi connectivity index (χ2n) is 4.95. The molecule has 0 saturated heterocycles. The van der Waals surface area contributed by atoms with Crippen molar-refractivity contribution in [2.45, 2.75) is 12.8 Å². The Hall–Kier alpha value is -3.14. The van der Waals surface area contributed by atoms with Crippen LogP contribution >= 0.6 is 0 Å². The van der Waals surface area contributed by atoms with Gasteiger partial charge in [0.15, 0.2) is 0 Å². The van der Waals surface area contributed by atoms with Gasteiger partial charge in [-0.2, -0.15) is 13.2 Å². The highest BCUT2D eigenvalue weighted by Crippen LogP contribution is 2.35. The molecule has 7 heteroatoms. The van der Waals surface area contributed by atoms with Crippen molar-refractivity contribution in [3.63, 3.8) is 0 Å². The molecule has 0 aromatic heterocycles. The number of alkyl halides is 3. The summed E-state index contributed by atoms with van der Waals surface area (Å²) in [5.74, 6) is 4.14. The lowest BCUT2D eigenvalue weighted by Gasteiger charge is -2.08. The standard InChI is InChI=1S/C18H14F3NO3/c19-18(20,21)15-11-13(8-9-16(15)23)7-4-10-22-17(24)25-12-14-5-2-1-3-6-14/h1-3,5-6,8-9,11,23H,10,12H2,(H,22,24). The van der Waals surface area contributed by atoms with Gasteiger partial charge in [-0.25, -0.2) is 4.79 Å². The van der Waals surface area contributed by atoms with Crippen LogP contribution in [0.4, 0.5) is 18.0 Å². The second-order valence-corrected chi connectivity index (χ2v) is 4.95. The molecule has 2 rings (SSSR count). The number of hydrogen-bond donors (Lipinski definition) is 2. The van der Waals surface area contributed by atoms with E-state index in [9.17, 15) is 23.1 Å². The number of hydrogen-bond acceptors (Lipinski definition) is 3. The van der Waals surface area contributed by atoms with Crippen molar-refractivity contribution in [2.24, 2.45) is 0 Å². The summed E-state index contributed by atoms with van der Waals surface area (Å²) in [6.45, 7) is 0.0167. The van der Waals surface area contributed by atoms with Crippen molar-refractivity contribution in [3.8, 4) is 17.6 Å². The van der Waals surface area contributed by atoms with Gasteiger partial charge in [0.25, 0.3) is 0 Å². The molecule has 2 aromatic carbocycles. The minimum Gasteiger partial charge on any atom is -0.507 e. The zero-order valence-electron chi connectivity index (χ0n) is 12.9. The SMILES string of the molecule is O=C(NCC#Cc1ccc(O)c(C(F)(F)F)c1)OCc1ccccc1. The number of rotatable bonds is 3. The Bertz CT molecular complexity index is 793. The molecular formula is C18H14F3NO3. The molecule has 1 amide bonds. The number of ether oxygens (including phenoxy) is 1. The van der Waals surface area contributed by atoms with Gasteiger partial charge in [0.2, 0.25) is 0 Å². The molecule has 0 aliphatic rings. The van der Waals surface area contributed by atoms with E-state index in [0.29, 0.717) is 0 Å². The maximum Gasteiger partial charge on any atom is 0.419 e. The number of amides is 1. The number of alkyl carbamates (subject to hydrolysis) is 1. The van der Waals surface area contributed by atoms with E-state index in [0.717, 1.165) is 17.7 Å². The number of carbonyl (C=O) groups is 1. The van der Waals surface area contributed by atoms with E-state index in [1.165, 1.54) is 6.07 Å². The number of phenols is 1.